The van der Waals surface area contributed by atoms with Crippen LogP contribution in [0.3, 0.4) is 0 Å². The molecule has 2 fully saturated rings. The number of nitrogens with one attached hydrogen (secondary N) is 2. The summed E-state index contributed by atoms with van der Waals surface area (Å²) in [5.74, 6) is 0.592. The van der Waals surface area contributed by atoms with E-state index in [9.17, 15) is 4.79 Å². The second kappa shape index (κ2) is 4.20. The van der Waals surface area contributed by atoms with Crippen molar-refractivity contribution in [2.75, 3.05) is 6.54 Å². The first-order valence-electron chi connectivity index (χ1n) is 7.17. The van der Waals surface area contributed by atoms with Gasteiger partial charge in [-0.15, -0.1) is 0 Å². The van der Waals surface area contributed by atoms with Gasteiger partial charge in [-0.3, -0.25) is 9.89 Å². The monoisotopic (exact) mass is 258 g/mol. The second-order valence-corrected chi connectivity index (χ2v) is 5.70. The average molecular weight is 258 g/mol. The van der Waals surface area contributed by atoms with Crippen molar-refractivity contribution in [1.82, 2.24) is 19.9 Å². The molecule has 100 valence electrons. The molecule has 1 aliphatic heterocycles. The molecule has 3 heterocycles. The zero-order valence-corrected chi connectivity index (χ0v) is 10.9. The third kappa shape index (κ3) is 1.80. The molecule has 1 saturated carbocycles. The highest BCUT2D eigenvalue weighted by Crippen LogP contribution is 2.35. The van der Waals surface area contributed by atoms with Gasteiger partial charge in [0.15, 0.2) is 5.65 Å². The Morgan fingerprint density at radius 1 is 1.21 bits per heavy atom. The van der Waals surface area contributed by atoms with Crippen LogP contribution in [0.25, 0.3) is 5.65 Å². The Kier molecular flexibility index (Phi) is 2.48. The molecular formula is C14H18N4O. The topological polar surface area (TPSA) is 62.2 Å². The van der Waals surface area contributed by atoms with Crippen LogP contribution in [0.5, 0.6) is 0 Å². The molecule has 2 aromatic heterocycles. The molecular weight excluding hydrogens is 240 g/mol. The lowest BCUT2D eigenvalue weighted by Gasteiger charge is -2.23. The number of hydrogen-bond donors (Lipinski definition) is 2. The molecule has 0 radical (unpaired) electrons. The van der Waals surface area contributed by atoms with Gasteiger partial charge in [0.25, 0.3) is 5.56 Å². The first-order valence-corrected chi connectivity index (χ1v) is 7.17. The molecule has 1 aliphatic carbocycles. The van der Waals surface area contributed by atoms with Gasteiger partial charge in [0, 0.05) is 29.8 Å². The highest BCUT2D eigenvalue weighted by Gasteiger charge is 2.23. The fraction of sp³-hybridized carbons (Fsp3) is 0.571. The number of nitrogens with zero attached hydrogens (tertiary/aromatic N) is 2. The predicted molar refractivity (Wildman–Crippen MR) is 72.4 cm³/mol. The number of fused-ring (bicyclic) bond motifs is 1. The van der Waals surface area contributed by atoms with Gasteiger partial charge in [-0.05, 0) is 32.2 Å². The standard InChI is InChI=1S/C14H18N4O/c19-14-8-12(10-5-2-6-15-10)16-13-7-11(17-18(13)14)9-3-1-4-9/h7-10,15,17H,1-6H2. The van der Waals surface area contributed by atoms with Crippen LogP contribution in [0.2, 0.25) is 0 Å². The van der Waals surface area contributed by atoms with Gasteiger partial charge in [0.1, 0.15) is 0 Å². The predicted octanol–water partition coefficient (Wildman–Crippen LogP) is 1.71. The highest BCUT2D eigenvalue weighted by molar-refractivity contribution is 5.41. The van der Waals surface area contributed by atoms with Crippen LogP contribution < -0.4 is 10.9 Å². The fourth-order valence-electron chi connectivity index (χ4n) is 3.07. The van der Waals surface area contributed by atoms with Gasteiger partial charge < -0.3 is 5.32 Å². The molecule has 1 atom stereocenters. The van der Waals surface area contributed by atoms with E-state index in [1.807, 2.05) is 6.07 Å². The quantitative estimate of drug-likeness (QED) is 0.862. The molecule has 0 spiro atoms. The molecule has 0 bridgehead atoms. The summed E-state index contributed by atoms with van der Waals surface area (Å²) < 4.78 is 1.58. The molecule has 19 heavy (non-hydrogen) atoms. The first-order chi connectivity index (χ1) is 9.31. The van der Waals surface area contributed by atoms with E-state index in [1.165, 1.54) is 19.3 Å². The number of H-pyrrole nitrogens is 1. The summed E-state index contributed by atoms with van der Waals surface area (Å²) in [5.41, 5.74) is 2.81. The Labute approximate surface area is 111 Å². The van der Waals surface area contributed by atoms with E-state index in [2.05, 4.69) is 15.4 Å². The molecule has 4 rings (SSSR count). The maximum absolute atomic E-state index is 12.2. The summed E-state index contributed by atoms with van der Waals surface area (Å²) in [6, 6.07) is 3.96. The molecule has 1 unspecified atom stereocenters. The van der Waals surface area contributed by atoms with E-state index in [0.717, 1.165) is 36.4 Å². The van der Waals surface area contributed by atoms with Crippen molar-refractivity contribution < 1.29 is 0 Å². The minimum absolute atomic E-state index is 0.000673. The molecule has 0 amide bonds. The average Bonchev–Trinajstić information content (AvgIpc) is 2.93. The van der Waals surface area contributed by atoms with Crippen LogP contribution in [-0.4, -0.2) is 21.1 Å². The zero-order valence-electron chi connectivity index (χ0n) is 10.9. The van der Waals surface area contributed by atoms with Crippen LogP contribution in [-0.2, 0) is 0 Å². The summed E-state index contributed by atoms with van der Waals surface area (Å²) in [6.45, 7) is 1.02. The van der Waals surface area contributed by atoms with Crippen molar-refractivity contribution in [2.45, 2.75) is 44.1 Å². The number of aromatic amines is 1. The summed E-state index contributed by atoms with van der Waals surface area (Å²) >= 11 is 0. The second-order valence-electron chi connectivity index (χ2n) is 5.70. The molecule has 2 aromatic rings. The summed E-state index contributed by atoms with van der Waals surface area (Å²) in [5, 5.41) is 6.60. The molecule has 0 aromatic carbocycles. The number of rotatable bonds is 2. The van der Waals surface area contributed by atoms with Gasteiger partial charge >= 0.3 is 0 Å². The van der Waals surface area contributed by atoms with Crippen LogP contribution in [0.15, 0.2) is 16.9 Å². The normalized spacial score (nSPS) is 23.9. The fourth-order valence-corrected chi connectivity index (χ4v) is 3.07. The minimum atomic E-state index is -0.000673. The Bertz CT molecular complexity index is 662. The SMILES string of the molecule is O=c1cc(C2CCCN2)nc2cc(C3CCC3)[nH]n12. The number of hydrogen-bond acceptors (Lipinski definition) is 3. The van der Waals surface area contributed by atoms with E-state index in [-0.39, 0.29) is 11.6 Å². The number of aromatic nitrogens is 3. The van der Waals surface area contributed by atoms with E-state index < -0.39 is 0 Å². The third-order valence-corrected chi connectivity index (χ3v) is 4.45. The van der Waals surface area contributed by atoms with Gasteiger partial charge in [-0.1, -0.05) is 6.42 Å². The molecule has 1 saturated heterocycles. The van der Waals surface area contributed by atoms with E-state index in [0.29, 0.717) is 5.92 Å². The van der Waals surface area contributed by atoms with E-state index >= 15 is 0 Å². The van der Waals surface area contributed by atoms with E-state index in [1.54, 1.807) is 10.6 Å². The Balaban J connectivity index is 1.79. The maximum atomic E-state index is 12.2. The maximum Gasteiger partial charge on any atom is 0.272 e. The van der Waals surface area contributed by atoms with E-state index in [4.69, 9.17) is 0 Å². The van der Waals surface area contributed by atoms with Crippen LogP contribution >= 0.6 is 0 Å². The van der Waals surface area contributed by atoms with Crippen molar-refractivity contribution in [2.24, 2.45) is 0 Å². The van der Waals surface area contributed by atoms with Crippen molar-refractivity contribution in [3.05, 3.63) is 33.9 Å². The lowest BCUT2D eigenvalue weighted by atomic mass is 9.83. The molecule has 5 heteroatoms. The lowest BCUT2D eigenvalue weighted by molar-refractivity contribution is 0.409. The van der Waals surface area contributed by atoms with Crippen LogP contribution in [0, 0.1) is 0 Å². The van der Waals surface area contributed by atoms with Crippen molar-refractivity contribution in [1.29, 1.82) is 0 Å². The van der Waals surface area contributed by atoms with Crippen molar-refractivity contribution in [3.63, 3.8) is 0 Å². The zero-order chi connectivity index (χ0) is 12.8. The Morgan fingerprint density at radius 2 is 2.11 bits per heavy atom. The van der Waals surface area contributed by atoms with Crippen molar-refractivity contribution >= 4 is 5.65 Å². The molecule has 2 N–H and O–H groups in total. The Morgan fingerprint density at radius 3 is 2.79 bits per heavy atom. The Hall–Kier alpha value is -1.62. The van der Waals surface area contributed by atoms with Crippen molar-refractivity contribution in [3.8, 4) is 0 Å². The largest absolute Gasteiger partial charge is 0.309 e. The third-order valence-electron chi connectivity index (χ3n) is 4.45. The first kappa shape index (κ1) is 11.2. The molecule has 2 aliphatic rings. The molecule has 5 nitrogen and oxygen atoms in total. The van der Waals surface area contributed by atoms with Gasteiger partial charge in [-0.2, -0.15) is 0 Å². The lowest BCUT2D eigenvalue weighted by Crippen LogP contribution is -2.21. The smallest absolute Gasteiger partial charge is 0.272 e. The highest BCUT2D eigenvalue weighted by atomic mass is 16.1. The van der Waals surface area contributed by atoms with Gasteiger partial charge in [0.2, 0.25) is 0 Å². The van der Waals surface area contributed by atoms with Gasteiger partial charge in [0.05, 0.1) is 5.69 Å². The van der Waals surface area contributed by atoms with Crippen LogP contribution in [0.1, 0.15) is 55.5 Å². The van der Waals surface area contributed by atoms with Gasteiger partial charge in [-0.25, -0.2) is 9.50 Å². The summed E-state index contributed by atoms with van der Waals surface area (Å²) in [4.78, 5) is 16.8. The summed E-state index contributed by atoms with van der Waals surface area (Å²) in [7, 11) is 0. The summed E-state index contributed by atoms with van der Waals surface area (Å²) in [6.07, 6.45) is 5.96. The minimum Gasteiger partial charge on any atom is -0.309 e. The van der Waals surface area contributed by atoms with Crippen LogP contribution in [0.4, 0.5) is 0 Å².